The Morgan fingerprint density at radius 1 is 1.21 bits per heavy atom. The van der Waals surface area contributed by atoms with Crippen molar-refractivity contribution in [3.63, 3.8) is 0 Å². The van der Waals surface area contributed by atoms with Crippen LogP contribution in [0.25, 0.3) is 0 Å². The fraction of sp³-hybridized carbons (Fsp3) is 0.429. The number of pyridine rings is 1. The third-order valence-electron chi connectivity index (χ3n) is 4.51. The molecule has 1 atom stereocenters. The molecule has 0 amide bonds. The number of guanidine groups is 1. The molecule has 1 aliphatic rings. The molecule has 1 aromatic carbocycles. The number of halogens is 1. The van der Waals surface area contributed by atoms with Crippen LogP contribution in [0.5, 0.6) is 0 Å². The van der Waals surface area contributed by atoms with Gasteiger partial charge in [0, 0.05) is 37.4 Å². The van der Waals surface area contributed by atoms with Gasteiger partial charge < -0.3 is 20.3 Å². The van der Waals surface area contributed by atoms with Crippen molar-refractivity contribution in [1.82, 2.24) is 15.6 Å². The smallest absolute Gasteiger partial charge is 0.191 e. The number of rotatable bonds is 6. The fourth-order valence-corrected chi connectivity index (χ4v) is 3.15. The van der Waals surface area contributed by atoms with E-state index >= 15 is 0 Å². The predicted molar refractivity (Wildman–Crippen MR) is 115 cm³/mol. The van der Waals surface area contributed by atoms with E-state index in [1.807, 2.05) is 30.5 Å². The van der Waals surface area contributed by atoms with Crippen LogP contribution in [0.3, 0.4) is 0 Å². The van der Waals surface area contributed by atoms with Crippen molar-refractivity contribution >= 4 is 23.4 Å². The van der Waals surface area contributed by atoms with Gasteiger partial charge in [0.25, 0.3) is 0 Å². The Hall–Kier alpha value is -2.31. The van der Waals surface area contributed by atoms with E-state index in [1.165, 1.54) is 0 Å². The highest BCUT2D eigenvalue weighted by molar-refractivity contribution is 6.30. The molecule has 150 valence electrons. The van der Waals surface area contributed by atoms with Gasteiger partial charge in [-0.15, -0.1) is 0 Å². The van der Waals surface area contributed by atoms with Crippen LogP contribution >= 0.6 is 11.6 Å². The largest absolute Gasteiger partial charge is 0.375 e. The number of ether oxygens (including phenoxy) is 1. The third kappa shape index (κ3) is 6.11. The van der Waals surface area contributed by atoms with Crippen molar-refractivity contribution in [2.45, 2.75) is 33.0 Å². The molecule has 2 heterocycles. The molecule has 1 fully saturated rings. The average molecular weight is 402 g/mol. The van der Waals surface area contributed by atoms with Gasteiger partial charge in [0.05, 0.1) is 19.3 Å². The topological polar surface area (TPSA) is 61.8 Å². The minimum Gasteiger partial charge on any atom is -0.375 e. The molecular formula is C21H28ClN5O. The Morgan fingerprint density at radius 3 is 2.68 bits per heavy atom. The highest BCUT2D eigenvalue weighted by Crippen LogP contribution is 2.15. The van der Waals surface area contributed by atoms with E-state index in [9.17, 15) is 0 Å². The number of nitrogens with one attached hydrogen (secondary N) is 2. The molecule has 0 spiro atoms. The second kappa shape index (κ2) is 10.3. The highest BCUT2D eigenvalue weighted by Gasteiger charge is 2.17. The van der Waals surface area contributed by atoms with Gasteiger partial charge in [0.15, 0.2) is 5.96 Å². The summed E-state index contributed by atoms with van der Waals surface area (Å²) in [6.07, 6.45) is 2.15. The summed E-state index contributed by atoms with van der Waals surface area (Å²) in [6, 6.07) is 12.0. The van der Waals surface area contributed by atoms with Crippen molar-refractivity contribution < 1.29 is 4.74 Å². The molecule has 0 radical (unpaired) electrons. The summed E-state index contributed by atoms with van der Waals surface area (Å²) in [4.78, 5) is 11.5. The van der Waals surface area contributed by atoms with E-state index < -0.39 is 0 Å². The maximum absolute atomic E-state index is 5.94. The van der Waals surface area contributed by atoms with E-state index in [0.29, 0.717) is 13.1 Å². The summed E-state index contributed by atoms with van der Waals surface area (Å²) in [5, 5.41) is 7.36. The molecule has 0 aliphatic carbocycles. The van der Waals surface area contributed by atoms with E-state index in [1.54, 1.807) is 0 Å². The zero-order valence-electron chi connectivity index (χ0n) is 16.5. The quantitative estimate of drug-likeness (QED) is 0.575. The minimum atomic E-state index is 0.245. The first-order chi connectivity index (χ1) is 13.6. The molecule has 1 aromatic heterocycles. The maximum atomic E-state index is 5.94. The lowest BCUT2D eigenvalue weighted by molar-refractivity contribution is 0.0529. The minimum absolute atomic E-state index is 0.245. The van der Waals surface area contributed by atoms with Crippen LogP contribution in [-0.2, 0) is 17.8 Å². The van der Waals surface area contributed by atoms with Gasteiger partial charge in [-0.05, 0) is 43.2 Å². The summed E-state index contributed by atoms with van der Waals surface area (Å²) < 4.78 is 5.59. The molecule has 0 bridgehead atoms. The van der Waals surface area contributed by atoms with Crippen LogP contribution in [0.1, 0.15) is 25.0 Å². The van der Waals surface area contributed by atoms with Crippen LogP contribution in [0, 0.1) is 0 Å². The number of morpholine rings is 1. The molecule has 1 saturated heterocycles. The molecule has 3 rings (SSSR count). The fourth-order valence-electron chi connectivity index (χ4n) is 3.02. The maximum Gasteiger partial charge on any atom is 0.191 e. The predicted octanol–water partition coefficient (Wildman–Crippen LogP) is 3.22. The second-order valence-electron chi connectivity index (χ2n) is 6.83. The van der Waals surface area contributed by atoms with Gasteiger partial charge in [-0.25, -0.2) is 9.98 Å². The Labute approximate surface area is 172 Å². The first kappa shape index (κ1) is 20.4. The molecule has 0 saturated carbocycles. The lowest BCUT2D eigenvalue weighted by Crippen LogP contribution is -2.41. The van der Waals surface area contributed by atoms with E-state index in [4.69, 9.17) is 16.3 Å². The van der Waals surface area contributed by atoms with Gasteiger partial charge >= 0.3 is 0 Å². The monoisotopic (exact) mass is 401 g/mol. The van der Waals surface area contributed by atoms with Gasteiger partial charge in [0.1, 0.15) is 5.82 Å². The Bertz CT molecular complexity index is 763. The Kier molecular flexibility index (Phi) is 7.51. The number of hydrogen-bond acceptors (Lipinski definition) is 4. The summed E-state index contributed by atoms with van der Waals surface area (Å²) in [7, 11) is 0. The normalized spacial score (nSPS) is 17.5. The molecule has 28 heavy (non-hydrogen) atoms. The molecular weight excluding hydrogens is 374 g/mol. The zero-order valence-corrected chi connectivity index (χ0v) is 17.2. The molecule has 2 aromatic rings. The number of aromatic nitrogens is 1. The lowest BCUT2D eigenvalue weighted by Gasteiger charge is -2.32. The van der Waals surface area contributed by atoms with E-state index in [0.717, 1.165) is 54.2 Å². The van der Waals surface area contributed by atoms with Gasteiger partial charge in [-0.2, -0.15) is 0 Å². The summed E-state index contributed by atoms with van der Waals surface area (Å²) >= 11 is 5.94. The molecule has 1 aliphatic heterocycles. The van der Waals surface area contributed by atoms with Crippen LogP contribution in [0.2, 0.25) is 5.02 Å². The third-order valence-corrected chi connectivity index (χ3v) is 4.76. The number of nitrogens with zero attached hydrogens (tertiary/aromatic N) is 3. The zero-order chi connectivity index (χ0) is 19.8. The average Bonchev–Trinajstić information content (AvgIpc) is 2.72. The highest BCUT2D eigenvalue weighted by atomic mass is 35.5. The van der Waals surface area contributed by atoms with Crippen molar-refractivity contribution in [2.75, 3.05) is 31.1 Å². The first-order valence-electron chi connectivity index (χ1n) is 9.72. The van der Waals surface area contributed by atoms with Crippen LogP contribution < -0.4 is 15.5 Å². The van der Waals surface area contributed by atoms with Gasteiger partial charge in [-0.3, -0.25) is 0 Å². The van der Waals surface area contributed by atoms with Crippen molar-refractivity contribution in [3.05, 3.63) is 58.7 Å². The van der Waals surface area contributed by atoms with Crippen molar-refractivity contribution in [1.29, 1.82) is 0 Å². The summed E-state index contributed by atoms with van der Waals surface area (Å²) in [5.74, 6) is 1.78. The Balaban J connectivity index is 1.56. The summed E-state index contributed by atoms with van der Waals surface area (Å²) in [5.41, 5.74) is 2.23. The Morgan fingerprint density at radius 2 is 2.00 bits per heavy atom. The van der Waals surface area contributed by atoms with Crippen LogP contribution in [0.4, 0.5) is 5.82 Å². The number of anilines is 1. The SMILES string of the molecule is CCNC(=NCc1ccc(N2CCOC(C)C2)nc1)NCc1ccc(Cl)cc1. The van der Waals surface area contributed by atoms with Gasteiger partial charge in [0.2, 0.25) is 0 Å². The van der Waals surface area contributed by atoms with Gasteiger partial charge in [-0.1, -0.05) is 29.8 Å². The standard InChI is InChI=1S/C21H28ClN5O/c1-3-23-21(25-12-17-4-7-19(22)8-5-17)26-14-18-6-9-20(24-13-18)27-10-11-28-16(2)15-27/h4-9,13,16H,3,10-12,14-15H2,1-2H3,(H2,23,25,26). The molecule has 6 nitrogen and oxygen atoms in total. The molecule has 2 N–H and O–H groups in total. The number of hydrogen-bond donors (Lipinski definition) is 2. The number of aliphatic imine (C=N–C) groups is 1. The molecule has 1 unspecified atom stereocenters. The summed E-state index contributed by atoms with van der Waals surface area (Å²) in [6.45, 7) is 8.72. The van der Waals surface area contributed by atoms with E-state index in [-0.39, 0.29) is 6.10 Å². The van der Waals surface area contributed by atoms with Crippen LogP contribution in [0.15, 0.2) is 47.6 Å². The lowest BCUT2D eigenvalue weighted by atomic mass is 10.2. The van der Waals surface area contributed by atoms with Crippen molar-refractivity contribution in [3.8, 4) is 0 Å². The van der Waals surface area contributed by atoms with Crippen molar-refractivity contribution in [2.24, 2.45) is 4.99 Å². The number of benzene rings is 1. The second-order valence-corrected chi connectivity index (χ2v) is 7.26. The first-order valence-corrected chi connectivity index (χ1v) is 10.1. The molecule has 7 heteroatoms. The van der Waals surface area contributed by atoms with Crippen LogP contribution in [-0.4, -0.2) is 43.3 Å². The van der Waals surface area contributed by atoms with E-state index in [2.05, 4.69) is 51.5 Å².